The van der Waals surface area contributed by atoms with Crippen molar-refractivity contribution in [3.63, 3.8) is 0 Å². The Hall–Kier alpha value is -0.534. The Balaban J connectivity index is 0.000000190. The first-order valence-corrected chi connectivity index (χ1v) is 7.51. The zero-order chi connectivity index (χ0) is 12.2. The summed E-state index contributed by atoms with van der Waals surface area (Å²) in [5.74, 6) is 1.94. The van der Waals surface area contributed by atoms with Crippen LogP contribution in [0.3, 0.4) is 0 Å². The fourth-order valence-electron chi connectivity index (χ4n) is 3.83. The Morgan fingerprint density at radius 2 is 1.26 bits per heavy atom. The summed E-state index contributed by atoms with van der Waals surface area (Å²) in [7, 11) is 0. The van der Waals surface area contributed by atoms with Crippen molar-refractivity contribution in [2.45, 2.75) is 44.9 Å². The molecule has 0 spiro atoms. The standard InChI is InChI=1S/C13H18.C5H5.Co/c1-2-6-12-10(4-1)8-9-11-5-3-7-13(11)12;1-2-4-5-3-1;/h8-9,12-13H,1-7H2;1-5H;/t12-,13+;;/m1../s1. The van der Waals surface area contributed by atoms with Gasteiger partial charge in [-0.05, 0) is 50.4 Å². The van der Waals surface area contributed by atoms with E-state index in [4.69, 9.17) is 0 Å². The molecule has 0 amide bonds. The van der Waals surface area contributed by atoms with Gasteiger partial charge >= 0.3 is 0 Å². The molecule has 4 rings (SSSR count). The maximum absolute atomic E-state index is 2.45. The number of rotatable bonds is 0. The van der Waals surface area contributed by atoms with E-state index < -0.39 is 0 Å². The van der Waals surface area contributed by atoms with E-state index in [9.17, 15) is 0 Å². The van der Waals surface area contributed by atoms with E-state index in [1.54, 1.807) is 11.1 Å². The molecule has 0 heterocycles. The van der Waals surface area contributed by atoms with E-state index in [0.29, 0.717) is 0 Å². The molecule has 0 aliphatic heterocycles. The predicted molar refractivity (Wildman–Crippen MR) is 78.0 cm³/mol. The Morgan fingerprint density at radius 1 is 0.684 bits per heavy atom. The fourth-order valence-corrected chi connectivity index (χ4v) is 3.83. The van der Waals surface area contributed by atoms with Crippen molar-refractivity contribution in [2.75, 3.05) is 0 Å². The molecular weight excluding hydrogens is 275 g/mol. The number of allylic oxidation sites excluding steroid dienone is 8. The minimum atomic E-state index is 0. The van der Waals surface area contributed by atoms with E-state index in [1.807, 2.05) is 30.7 Å². The molecule has 0 unspecified atom stereocenters. The molecule has 0 N–H and O–H groups in total. The predicted octanol–water partition coefficient (Wildman–Crippen LogP) is 5.16. The first kappa shape index (κ1) is 14.9. The Labute approximate surface area is 127 Å². The van der Waals surface area contributed by atoms with E-state index >= 15 is 0 Å². The van der Waals surface area contributed by atoms with E-state index in [2.05, 4.69) is 12.2 Å². The van der Waals surface area contributed by atoms with Crippen LogP contribution in [0.25, 0.3) is 0 Å². The monoisotopic (exact) mass is 298 g/mol. The summed E-state index contributed by atoms with van der Waals surface area (Å²) in [5, 5.41) is 0. The van der Waals surface area contributed by atoms with Crippen LogP contribution in [-0.4, -0.2) is 0 Å². The van der Waals surface area contributed by atoms with Gasteiger partial charge in [0.15, 0.2) is 0 Å². The largest absolute Gasteiger partial charge is 0.0767 e. The van der Waals surface area contributed by atoms with Gasteiger partial charge in [0.05, 0.1) is 0 Å². The summed E-state index contributed by atoms with van der Waals surface area (Å²) in [6.45, 7) is 0. The zero-order valence-corrected chi connectivity index (χ0v) is 12.5. The first-order chi connectivity index (χ1) is 8.95. The van der Waals surface area contributed by atoms with Crippen LogP contribution in [0.15, 0.2) is 47.6 Å². The molecule has 19 heavy (non-hydrogen) atoms. The van der Waals surface area contributed by atoms with Crippen LogP contribution < -0.4 is 0 Å². The molecule has 2 radical (unpaired) electrons. The third kappa shape index (κ3) is 3.52. The molecule has 4 aliphatic carbocycles. The summed E-state index contributed by atoms with van der Waals surface area (Å²) in [6.07, 6.45) is 25.0. The van der Waals surface area contributed by atoms with Crippen LogP contribution in [0.5, 0.6) is 0 Å². The van der Waals surface area contributed by atoms with Gasteiger partial charge in [-0.25, -0.2) is 0 Å². The van der Waals surface area contributed by atoms with Crippen molar-refractivity contribution in [3.05, 3.63) is 54.0 Å². The van der Waals surface area contributed by atoms with Crippen molar-refractivity contribution in [1.29, 1.82) is 0 Å². The average molecular weight is 298 g/mol. The second-order valence-corrected chi connectivity index (χ2v) is 5.80. The van der Waals surface area contributed by atoms with E-state index in [-0.39, 0.29) is 16.8 Å². The van der Waals surface area contributed by atoms with Gasteiger partial charge in [0.1, 0.15) is 0 Å². The third-order valence-corrected chi connectivity index (χ3v) is 4.72. The molecule has 2 atom stereocenters. The molecule has 0 aromatic heterocycles. The number of hydrogen-bond donors (Lipinski definition) is 0. The van der Waals surface area contributed by atoms with Gasteiger partial charge in [-0.15, -0.1) is 0 Å². The van der Waals surface area contributed by atoms with Crippen molar-refractivity contribution >= 4 is 0 Å². The molecule has 0 bridgehead atoms. The summed E-state index contributed by atoms with van der Waals surface area (Å²) in [5.41, 5.74) is 3.55. The third-order valence-electron chi connectivity index (χ3n) is 4.72. The quantitative estimate of drug-likeness (QED) is 0.579. The topological polar surface area (TPSA) is 0 Å². The van der Waals surface area contributed by atoms with Gasteiger partial charge in [0, 0.05) is 23.2 Å². The summed E-state index contributed by atoms with van der Waals surface area (Å²) in [6, 6.07) is 0. The smallest absolute Gasteiger partial charge is 0.00506 e. The maximum Gasteiger partial charge on any atom is 0.00506 e. The van der Waals surface area contributed by atoms with Gasteiger partial charge in [0.25, 0.3) is 0 Å². The van der Waals surface area contributed by atoms with Gasteiger partial charge in [-0.2, -0.15) is 0 Å². The number of hydrogen-bond acceptors (Lipinski definition) is 0. The molecule has 0 aromatic rings. The summed E-state index contributed by atoms with van der Waals surface area (Å²) in [4.78, 5) is 0. The second-order valence-electron chi connectivity index (χ2n) is 5.80. The molecule has 1 heteroatoms. The first-order valence-electron chi connectivity index (χ1n) is 7.51. The normalized spacial score (nSPS) is 30.3. The zero-order valence-electron chi connectivity index (χ0n) is 11.5. The second kappa shape index (κ2) is 7.30. The SMILES string of the molecule is C1=C2CCCC[C@H]2[C@H]2CCCC2=C1.[CH]1C=CC=C1.[Co]. The molecule has 2 fully saturated rings. The molecule has 104 valence electrons. The van der Waals surface area contributed by atoms with E-state index in [0.717, 1.165) is 11.8 Å². The molecule has 2 saturated carbocycles. The van der Waals surface area contributed by atoms with Gasteiger partial charge < -0.3 is 0 Å². The van der Waals surface area contributed by atoms with Gasteiger partial charge in [-0.1, -0.05) is 54.0 Å². The van der Waals surface area contributed by atoms with Crippen LogP contribution in [0, 0.1) is 18.3 Å². The van der Waals surface area contributed by atoms with Crippen molar-refractivity contribution < 1.29 is 16.8 Å². The molecule has 0 nitrogen and oxygen atoms in total. The Bertz CT molecular complexity index is 401. The Morgan fingerprint density at radius 3 is 1.84 bits per heavy atom. The van der Waals surface area contributed by atoms with Crippen LogP contribution in [0.2, 0.25) is 0 Å². The Kier molecular flexibility index (Phi) is 5.71. The molecule has 4 aliphatic rings. The number of fused-ring (bicyclic) bond motifs is 3. The van der Waals surface area contributed by atoms with Crippen molar-refractivity contribution in [1.82, 2.24) is 0 Å². The molecular formula is C18H23Co. The minimum Gasteiger partial charge on any atom is -0.0767 e. The molecule has 0 aromatic carbocycles. The summed E-state index contributed by atoms with van der Waals surface area (Å²) < 4.78 is 0. The van der Waals surface area contributed by atoms with Crippen molar-refractivity contribution in [2.24, 2.45) is 11.8 Å². The minimum absolute atomic E-state index is 0. The van der Waals surface area contributed by atoms with Crippen LogP contribution >= 0.6 is 0 Å². The maximum atomic E-state index is 2.45. The van der Waals surface area contributed by atoms with Crippen molar-refractivity contribution in [3.8, 4) is 0 Å². The van der Waals surface area contributed by atoms with Crippen LogP contribution in [-0.2, 0) is 16.8 Å². The fraction of sp³-hybridized carbons (Fsp3) is 0.500. The van der Waals surface area contributed by atoms with Gasteiger partial charge in [-0.3, -0.25) is 0 Å². The van der Waals surface area contributed by atoms with Gasteiger partial charge in [0.2, 0.25) is 0 Å². The van der Waals surface area contributed by atoms with Crippen LogP contribution in [0.4, 0.5) is 0 Å². The molecule has 0 saturated heterocycles. The van der Waals surface area contributed by atoms with E-state index in [1.165, 1.54) is 44.9 Å². The average Bonchev–Trinajstić information content (AvgIpc) is 3.12. The summed E-state index contributed by atoms with van der Waals surface area (Å²) >= 11 is 0. The van der Waals surface area contributed by atoms with Crippen LogP contribution in [0.1, 0.15) is 44.9 Å².